The van der Waals surface area contributed by atoms with Crippen molar-refractivity contribution < 1.29 is 9.13 Å². The van der Waals surface area contributed by atoms with Crippen molar-refractivity contribution in [3.05, 3.63) is 35.1 Å². The molecule has 3 heteroatoms. The summed E-state index contributed by atoms with van der Waals surface area (Å²) in [5.41, 5.74) is 1.85. The lowest BCUT2D eigenvalue weighted by molar-refractivity contribution is 0.123. The largest absolute Gasteiger partial charge is 0.377 e. The van der Waals surface area contributed by atoms with Crippen molar-refractivity contribution in [2.45, 2.75) is 19.4 Å². The van der Waals surface area contributed by atoms with E-state index in [0.717, 1.165) is 30.6 Å². The fraction of sp³-hybridized carbons (Fsp3) is 0.500. The van der Waals surface area contributed by atoms with Crippen molar-refractivity contribution in [2.75, 3.05) is 20.7 Å². The highest BCUT2D eigenvalue weighted by Crippen LogP contribution is 2.19. The third-order valence-corrected chi connectivity index (χ3v) is 2.20. The molecule has 0 fully saturated rings. The molecule has 0 bridgehead atoms. The maximum absolute atomic E-state index is 13.2. The molecule has 15 heavy (non-hydrogen) atoms. The Labute approximate surface area is 90.4 Å². The minimum Gasteiger partial charge on any atom is -0.377 e. The van der Waals surface area contributed by atoms with E-state index < -0.39 is 0 Å². The predicted molar refractivity (Wildman–Crippen MR) is 59.4 cm³/mol. The first kappa shape index (κ1) is 12.1. The van der Waals surface area contributed by atoms with E-state index in [4.69, 9.17) is 4.74 Å². The molecule has 1 aliphatic rings. The number of hydrogen-bond donors (Lipinski definition) is 1. The van der Waals surface area contributed by atoms with Crippen molar-refractivity contribution in [2.24, 2.45) is 0 Å². The van der Waals surface area contributed by atoms with Crippen molar-refractivity contribution >= 4 is 0 Å². The number of fused-ring (bicyclic) bond motifs is 1. The molecule has 0 saturated heterocycles. The zero-order chi connectivity index (χ0) is 11.1. The molecule has 1 aromatic rings. The van der Waals surface area contributed by atoms with Gasteiger partial charge >= 0.3 is 0 Å². The molecule has 1 heterocycles. The molecule has 0 spiro atoms. The zero-order valence-electron chi connectivity index (χ0n) is 9.35. The molecule has 0 radical (unpaired) electrons. The van der Waals surface area contributed by atoms with Gasteiger partial charge in [0.2, 0.25) is 0 Å². The fourth-order valence-electron chi connectivity index (χ4n) is 1.54. The number of rotatable bonds is 0. The lowest BCUT2D eigenvalue weighted by Gasteiger charge is -2.04. The highest BCUT2D eigenvalue weighted by Gasteiger charge is 2.11. The van der Waals surface area contributed by atoms with Crippen molar-refractivity contribution in [1.29, 1.82) is 0 Å². The maximum Gasteiger partial charge on any atom is 0.128 e. The molecule has 0 atom stereocenters. The van der Waals surface area contributed by atoms with Crippen molar-refractivity contribution in [3.63, 3.8) is 0 Å². The molecular formula is C12H18FNO. The summed E-state index contributed by atoms with van der Waals surface area (Å²) in [5, 5.41) is 2.75. The second-order valence-electron chi connectivity index (χ2n) is 3.53. The van der Waals surface area contributed by atoms with Gasteiger partial charge in [-0.2, -0.15) is 0 Å². The van der Waals surface area contributed by atoms with E-state index in [9.17, 15) is 4.39 Å². The normalized spacial score (nSPS) is 14.6. The van der Waals surface area contributed by atoms with Crippen LogP contribution in [0.1, 0.15) is 17.5 Å². The predicted octanol–water partition coefficient (Wildman–Crippen LogP) is 2.12. The highest BCUT2D eigenvalue weighted by molar-refractivity contribution is 5.28. The average Bonchev–Trinajstić information content (AvgIpc) is 2.45. The molecule has 84 valence electrons. The smallest absolute Gasteiger partial charge is 0.128 e. The van der Waals surface area contributed by atoms with Gasteiger partial charge in [-0.3, -0.25) is 0 Å². The Hall–Kier alpha value is -0.930. The molecule has 0 unspecified atom stereocenters. The summed E-state index contributed by atoms with van der Waals surface area (Å²) in [4.78, 5) is 0. The van der Waals surface area contributed by atoms with Gasteiger partial charge in [-0.15, -0.1) is 0 Å². The highest BCUT2D eigenvalue weighted by atomic mass is 19.1. The zero-order valence-corrected chi connectivity index (χ0v) is 9.35. The molecule has 0 aliphatic carbocycles. The van der Waals surface area contributed by atoms with Gasteiger partial charge in [0, 0.05) is 12.2 Å². The molecule has 0 amide bonds. The second-order valence-corrected chi connectivity index (χ2v) is 3.53. The third-order valence-electron chi connectivity index (χ3n) is 2.20. The van der Waals surface area contributed by atoms with E-state index >= 15 is 0 Å². The minimum absolute atomic E-state index is 0.130. The molecule has 0 aromatic heterocycles. The van der Waals surface area contributed by atoms with Gasteiger partial charge in [-0.25, -0.2) is 4.39 Å². The van der Waals surface area contributed by atoms with Crippen molar-refractivity contribution in [1.82, 2.24) is 5.32 Å². The monoisotopic (exact) mass is 211 g/mol. The molecular weight excluding hydrogens is 193 g/mol. The quantitative estimate of drug-likeness (QED) is 0.709. The van der Waals surface area contributed by atoms with Gasteiger partial charge in [-0.1, -0.05) is 12.1 Å². The molecule has 1 N–H and O–H groups in total. The van der Waals surface area contributed by atoms with E-state index in [0.29, 0.717) is 6.61 Å². The van der Waals surface area contributed by atoms with E-state index in [1.807, 2.05) is 20.2 Å². The lowest BCUT2D eigenvalue weighted by atomic mass is 10.0. The Balaban J connectivity index is 0.000000337. The van der Waals surface area contributed by atoms with Crippen molar-refractivity contribution in [3.8, 4) is 0 Å². The summed E-state index contributed by atoms with van der Waals surface area (Å²) in [6.07, 6.45) is 1.93. The first-order valence-corrected chi connectivity index (χ1v) is 5.22. The first-order valence-electron chi connectivity index (χ1n) is 5.22. The summed E-state index contributed by atoms with van der Waals surface area (Å²) in [7, 11) is 3.75. The summed E-state index contributed by atoms with van der Waals surface area (Å²) in [6.45, 7) is 1.18. The second kappa shape index (κ2) is 6.53. The van der Waals surface area contributed by atoms with E-state index in [1.54, 1.807) is 6.07 Å². The average molecular weight is 211 g/mol. The molecule has 0 saturated carbocycles. The summed E-state index contributed by atoms with van der Waals surface area (Å²) < 4.78 is 18.4. The summed E-state index contributed by atoms with van der Waals surface area (Å²) in [6, 6.07) is 5.24. The molecule has 1 aliphatic heterocycles. The number of halogens is 1. The topological polar surface area (TPSA) is 21.3 Å². The summed E-state index contributed by atoms with van der Waals surface area (Å²) >= 11 is 0. The van der Waals surface area contributed by atoms with Crippen LogP contribution in [0.5, 0.6) is 0 Å². The number of hydrogen-bond acceptors (Lipinski definition) is 2. The van der Waals surface area contributed by atoms with Crippen LogP contribution in [-0.4, -0.2) is 20.7 Å². The maximum atomic E-state index is 13.2. The SMILES string of the molecule is CNC.Fc1cccc2c1COCCC2. The standard InChI is InChI=1S/C10H11FO.C2H7N/c11-10-5-1-3-8-4-2-6-12-7-9(8)10;1-3-2/h1,3,5H,2,4,6-7H2;3H,1-2H3. The van der Waals surface area contributed by atoms with Crippen LogP contribution in [0.2, 0.25) is 0 Å². The minimum atomic E-state index is -0.130. The van der Waals surface area contributed by atoms with Crippen LogP contribution in [-0.2, 0) is 17.8 Å². The van der Waals surface area contributed by atoms with Crippen LogP contribution in [0.4, 0.5) is 4.39 Å². The Morgan fingerprint density at radius 3 is 2.80 bits per heavy atom. The number of aryl methyl sites for hydroxylation is 1. The van der Waals surface area contributed by atoms with E-state index in [2.05, 4.69) is 5.32 Å². The van der Waals surface area contributed by atoms with Gasteiger partial charge in [0.15, 0.2) is 0 Å². The number of benzene rings is 1. The molecule has 1 aromatic carbocycles. The number of ether oxygens (including phenoxy) is 1. The van der Waals surface area contributed by atoms with Gasteiger partial charge < -0.3 is 10.1 Å². The third kappa shape index (κ3) is 3.61. The Kier molecular flexibility index (Phi) is 5.29. The Morgan fingerprint density at radius 2 is 2.07 bits per heavy atom. The van der Waals surface area contributed by atoms with E-state index in [1.165, 1.54) is 6.07 Å². The fourth-order valence-corrected chi connectivity index (χ4v) is 1.54. The van der Waals surface area contributed by atoms with Gasteiger partial charge in [-0.05, 0) is 38.6 Å². The Bertz CT molecular complexity index is 302. The van der Waals surface area contributed by atoms with Gasteiger partial charge in [0.05, 0.1) is 6.61 Å². The van der Waals surface area contributed by atoms with Crippen LogP contribution in [0.25, 0.3) is 0 Å². The summed E-state index contributed by atoms with van der Waals surface area (Å²) in [5.74, 6) is -0.130. The van der Waals surface area contributed by atoms with Crippen LogP contribution in [0, 0.1) is 5.82 Å². The van der Waals surface area contributed by atoms with E-state index in [-0.39, 0.29) is 5.82 Å². The van der Waals surface area contributed by atoms with Crippen LogP contribution < -0.4 is 5.32 Å². The Morgan fingerprint density at radius 1 is 1.33 bits per heavy atom. The van der Waals surface area contributed by atoms with Gasteiger partial charge in [0.1, 0.15) is 5.82 Å². The number of nitrogens with one attached hydrogen (secondary N) is 1. The van der Waals surface area contributed by atoms with Crippen LogP contribution >= 0.6 is 0 Å². The van der Waals surface area contributed by atoms with Crippen LogP contribution in [0.15, 0.2) is 18.2 Å². The molecule has 2 rings (SSSR count). The van der Waals surface area contributed by atoms with Gasteiger partial charge in [0.25, 0.3) is 0 Å². The first-order chi connectivity index (χ1) is 7.29. The molecule has 2 nitrogen and oxygen atoms in total. The van der Waals surface area contributed by atoms with Crippen LogP contribution in [0.3, 0.4) is 0 Å². The lowest BCUT2D eigenvalue weighted by Crippen LogP contribution is -1.95.